The number of nitriles is 1. The molecule has 10 rings (SSSR count). The maximum Gasteiger partial charge on any atom is 0.0992 e. The topological polar surface area (TPSA) is 62.5 Å². The highest BCUT2D eigenvalue weighted by Crippen LogP contribution is 2.39. The van der Waals surface area contributed by atoms with Crippen molar-refractivity contribution in [3.63, 3.8) is 0 Å². The van der Waals surface area contributed by atoms with E-state index in [1.54, 1.807) is 0 Å². The van der Waals surface area contributed by atoms with E-state index in [9.17, 15) is 5.26 Å². The molecular weight excluding hydrogens is 681 g/mol. The average molecular weight is 715 g/mol. The summed E-state index contributed by atoms with van der Waals surface area (Å²) in [5.41, 5.74) is 15.5. The molecule has 0 atom stereocenters. The van der Waals surface area contributed by atoms with Crippen LogP contribution in [0.5, 0.6) is 0 Å². The highest BCUT2D eigenvalue weighted by molar-refractivity contribution is 6.06. The summed E-state index contributed by atoms with van der Waals surface area (Å²) in [5, 5.41) is 14.5. The van der Waals surface area contributed by atoms with Crippen LogP contribution in [0.3, 0.4) is 0 Å². The fraction of sp³-hybridized carbons (Fsp3) is 0.0385. The van der Waals surface area contributed by atoms with E-state index in [1.807, 2.05) is 48.7 Å². The number of nitrogens with zero attached hydrogens (tertiary/aromatic N) is 4. The monoisotopic (exact) mass is 714 g/mol. The third-order valence-corrected chi connectivity index (χ3v) is 10.9. The molecule has 56 heavy (non-hydrogen) atoms. The number of pyridine rings is 3. The molecule has 0 radical (unpaired) electrons. The molecule has 262 valence electrons. The predicted octanol–water partition coefficient (Wildman–Crippen LogP) is 13.1. The minimum absolute atomic E-state index is 0.657. The van der Waals surface area contributed by atoms with Crippen LogP contribution in [0.2, 0.25) is 0 Å². The summed E-state index contributed by atoms with van der Waals surface area (Å²) in [6.45, 7) is 0. The van der Waals surface area contributed by atoms with E-state index in [4.69, 9.17) is 9.97 Å². The number of hydrogen-bond acceptors (Lipinski definition) is 4. The van der Waals surface area contributed by atoms with Gasteiger partial charge in [-0.2, -0.15) is 5.26 Å². The van der Waals surface area contributed by atoms with Gasteiger partial charge in [0.1, 0.15) is 0 Å². The fourth-order valence-electron chi connectivity index (χ4n) is 8.00. The van der Waals surface area contributed by atoms with Gasteiger partial charge in [0.25, 0.3) is 0 Å². The van der Waals surface area contributed by atoms with Gasteiger partial charge >= 0.3 is 0 Å². The molecule has 0 saturated heterocycles. The Labute approximate surface area is 325 Å². The van der Waals surface area contributed by atoms with Gasteiger partial charge in [0.05, 0.1) is 39.7 Å². The standard InChI is InChI=1S/C52H34N4/c53-33-34-30-42(35-13-17-38(18-14-35)48-12-6-7-29-54-48)32-43(31-34)45-26-25-44(46-10-4-5-11-47(45)46)36-15-19-39(20-16-36)50-28-24-41-22-21-40-23-27-49(37-8-2-1-3-9-37)55-51(40)52(41)56-50/h1-13,15-17,19-32H,14,18H2. The number of aromatic nitrogens is 3. The molecule has 0 N–H and O–H groups in total. The minimum Gasteiger partial charge on any atom is -0.257 e. The maximum absolute atomic E-state index is 10.1. The van der Waals surface area contributed by atoms with Crippen LogP contribution in [0.15, 0.2) is 182 Å². The van der Waals surface area contributed by atoms with Gasteiger partial charge in [-0.15, -0.1) is 0 Å². The minimum atomic E-state index is 0.657. The Morgan fingerprint density at radius 2 is 0.982 bits per heavy atom. The Kier molecular flexibility index (Phi) is 8.32. The molecule has 0 unspecified atom stereocenters. The smallest absolute Gasteiger partial charge is 0.0992 e. The molecule has 0 fully saturated rings. The summed E-state index contributed by atoms with van der Waals surface area (Å²) in [6.07, 6.45) is 8.00. The lowest BCUT2D eigenvalue weighted by Gasteiger charge is -2.17. The second kappa shape index (κ2) is 14.1. The first-order valence-electron chi connectivity index (χ1n) is 18.9. The zero-order chi connectivity index (χ0) is 37.4. The van der Waals surface area contributed by atoms with Crippen LogP contribution in [0.25, 0.3) is 88.5 Å². The van der Waals surface area contributed by atoms with Gasteiger partial charge in [0.2, 0.25) is 0 Å². The van der Waals surface area contributed by atoms with Gasteiger partial charge in [-0.25, -0.2) is 9.97 Å². The van der Waals surface area contributed by atoms with Crippen molar-refractivity contribution in [2.24, 2.45) is 0 Å². The van der Waals surface area contributed by atoms with Crippen LogP contribution in [0.1, 0.15) is 29.7 Å². The normalized spacial score (nSPS) is 12.7. The van der Waals surface area contributed by atoms with Crippen LogP contribution < -0.4 is 0 Å². The highest BCUT2D eigenvalue weighted by atomic mass is 14.8. The molecule has 3 aromatic heterocycles. The number of rotatable bonds is 6. The lowest BCUT2D eigenvalue weighted by atomic mass is 9.87. The molecule has 4 nitrogen and oxygen atoms in total. The Hall–Kier alpha value is -7.48. The molecule has 4 heteroatoms. The quantitative estimate of drug-likeness (QED) is 0.161. The van der Waals surface area contributed by atoms with Gasteiger partial charge in [0.15, 0.2) is 0 Å². The van der Waals surface area contributed by atoms with Gasteiger partial charge in [-0.3, -0.25) is 4.98 Å². The molecule has 0 amide bonds. The summed E-state index contributed by atoms with van der Waals surface area (Å²) in [6, 6.07) is 59.4. The lowest BCUT2D eigenvalue weighted by molar-refractivity contribution is 1.05. The molecule has 3 heterocycles. The lowest BCUT2D eigenvalue weighted by Crippen LogP contribution is -1.96. The molecular formula is C52H34N4. The molecule has 0 bridgehead atoms. The van der Waals surface area contributed by atoms with Crippen LogP contribution in [-0.2, 0) is 0 Å². The first kappa shape index (κ1) is 33.1. The highest BCUT2D eigenvalue weighted by Gasteiger charge is 2.16. The van der Waals surface area contributed by atoms with Crippen molar-refractivity contribution in [3.8, 4) is 50.8 Å². The molecule has 6 aromatic carbocycles. The van der Waals surface area contributed by atoms with Crippen molar-refractivity contribution in [1.29, 1.82) is 5.26 Å². The van der Waals surface area contributed by atoms with Crippen molar-refractivity contribution >= 4 is 43.7 Å². The number of hydrogen-bond donors (Lipinski definition) is 0. The summed E-state index contributed by atoms with van der Waals surface area (Å²) < 4.78 is 0. The van der Waals surface area contributed by atoms with E-state index in [1.165, 1.54) is 11.1 Å². The third kappa shape index (κ3) is 6.12. The average Bonchev–Trinajstić information content (AvgIpc) is 3.28. The first-order valence-corrected chi connectivity index (χ1v) is 18.9. The van der Waals surface area contributed by atoms with Crippen molar-refractivity contribution in [2.75, 3.05) is 0 Å². The van der Waals surface area contributed by atoms with Crippen LogP contribution in [-0.4, -0.2) is 15.0 Å². The molecule has 1 aliphatic rings. The van der Waals surface area contributed by atoms with E-state index < -0.39 is 0 Å². The van der Waals surface area contributed by atoms with E-state index in [0.717, 1.165) is 101 Å². The van der Waals surface area contributed by atoms with E-state index in [-0.39, 0.29) is 0 Å². The Morgan fingerprint density at radius 3 is 1.61 bits per heavy atom. The summed E-state index contributed by atoms with van der Waals surface area (Å²) in [4.78, 5) is 14.8. The Morgan fingerprint density at radius 1 is 0.429 bits per heavy atom. The predicted molar refractivity (Wildman–Crippen MR) is 230 cm³/mol. The second-order valence-electron chi connectivity index (χ2n) is 14.3. The van der Waals surface area contributed by atoms with E-state index in [2.05, 4.69) is 145 Å². The van der Waals surface area contributed by atoms with Crippen LogP contribution in [0, 0.1) is 11.3 Å². The van der Waals surface area contributed by atoms with Gasteiger partial charge in [-0.05, 0) is 105 Å². The molecule has 0 aliphatic heterocycles. The maximum atomic E-state index is 10.1. The number of fused-ring (bicyclic) bond motifs is 4. The summed E-state index contributed by atoms with van der Waals surface area (Å²) >= 11 is 0. The first-order chi connectivity index (χ1) is 27.7. The van der Waals surface area contributed by atoms with E-state index >= 15 is 0 Å². The van der Waals surface area contributed by atoms with Crippen molar-refractivity contribution in [3.05, 3.63) is 199 Å². The van der Waals surface area contributed by atoms with Crippen LogP contribution in [0.4, 0.5) is 0 Å². The second-order valence-corrected chi connectivity index (χ2v) is 14.3. The number of allylic oxidation sites excluding steroid dienone is 4. The third-order valence-electron chi connectivity index (χ3n) is 10.9. The summed E-state index contributed by atoms with van der Waals surface area (Å²) in [5.74, 6) is 0. The van der Waals surface area contributed by atoms with Crippen LogP contribution >= 0.6 is 0 Å². The van der Waals surface area contributed by atoms with Crippen molar-refractivity contribution in [1.82, 2.24) is 15.0 Å². The van der Waals surface area contributed by atoms with E-state index in [0.29, 0.717) is 5.56 Å². The molecule has 0 saturated carbocycles. The van der Waals surface area contributed by atoms with Gasteiger partial charge in [0, 0.05) is 28.1 Å². The fourth-order valence-corrected chi connectivity index (χ4v) is 8.00. The molecule has 9 aromatic rings. The SMILES string of the molecule is N#Cc1cc(C2=CC=C(c3ccccn3)CC2)cc(-c2ccc(-c3ccc(-c4ccc5ccc6ccc(-c7ccccc7)nc6c5n4)cc3)c3ccccc23)c1. The summed E-state index contributed by atoms with van der Waals surface area (Å²) in [7, 11) is 0. The largest absolute Gasteiger partial charge is 0.257 e. The zero-order valence-electron chi connectivity index (χ0n) is 30.5. The molecule has 0 spiro atoms. The number of benzene rings is 6. The molecule has 1 aliphatic carbocycles. The Bertz CT molecular complexity index is 3060. The van der Waals surface area contributed by atoms with Gasteiger partial charge < -0.3 is 0 Å². The zero-order valence-corrected chi connectivity index (χ0v) is 30.5. The Balaban J connectivity index is 0.991. The van der Waals surface area contributed by atoms with Crippen molar-refractivity contribution < 1.29 is 0 Å². The van der Waals surface area contributed by atoms with Gasteiger partial charge in [-0.1, -0.05) is 133 Å². The van der Waals surface area contributed by atoms with Crippen molar-refractivity contribution in [2.45, 2.75) is 12.8 Å².